The number of hydrogen-bond donors (Lipinski definition) is 2. The zero-order valence-corrected chi connectivity index (χ0v) is 15.2. The Labute approximate surface area is 162 Å². The number of nitrogens with zero attached hydrogens (tertiary/aromatic N) is 3. The molecule has 3 rings (SSSR count). The lowest BCUT2D eigenvalue weighted by molar-refractivity contribution is -0.274. The third kappa shape index (κ3) is 4.57. The van der Waals surface area contributed by atoms with Gasteiger partial charge in [0.05, 0.1) is 12.6 Å². The van der Waals surface area contributed by atoms with Gasteiger partial charge in [-0.15, -0.1) is 18.3 Å². The summed E-state index contributed by atoms with van der Waals surface area (Å²) in [6, 6.07) is 9.08. The van der Waals surface area contributed by atoms with Crippen molar-refractivity contribution in [3.8, 4) is 17.4 Å². The van der Waals surface area contributed by atoms with E-state index in [9.17, 15) is 23.1 Å². The van der Waals surface area contributed by atoms with Crippen molar-refractivity contribution in [2.75, 3.05) is 12.4 Å². The number of carbonyl (C=O) groups excluding carboxylic acids is 1. The highest BCUT2D eigenvalue weighted by molar-refractivity contribution is 5.96. The number of aromatic nitrogens is 1. The Balaban J connectivity index is 1.86. The number of alkyl halides is 3. The molecule has 8 nitrogen and oxygen atoms in total. The zero-order chi connectivity index (χ0) is 21.2. The van der Waals surface area contributed by atoms with Gasteiger partial charge < -0.3 is 24.5 Å². The van der Waals surface area contributed by atoms with Gasteiger partial charge in [0.15, 0.2) is 5.69 Å². The van der Waals surface area contributed by atoms with Crippen molar-refractivity contribution < 1.29 is 32.5 Å². The van der Waals surface area contributed by atoms with Crippen LogP contribution in [0.2, 0.25) is 0 Å². The molecular formula is C18H15F3N4O4. The van der Waals surface area contributed by atoms with Crippen LogP contribution < -0.4 is 14.8 Å². The van der Waals surface area contributed by atoms with Crippen molar-refractivity contribution in [1.29, 1.82) is 0 Å². The van der Waals surface area contributed by atoms with Crippen molar-refractivity contribution >= 4 is 28.3 Å². The van der Waals surface area contributed by atoms with Crippen LogP contribution in [0.15, 0.2) is 52.7 Å². The second-order valence-corrected chi connectivity index (χ2v) is 5.82. The van der Waals surface area contributed by atoms with Gasteiger partial charge in [-0.1, -0.05) is 5.11 Å². The van der Waals surface area contributed by atoms with Crippen LogP contribution in [0, 0.1) is 0 Å². The molecule has 2 N–H and O–H groups in total. The second-order valence-electron chi connectivity index (χ2n) is 5.82. The first-order chi connectivity index (χ1) is 13.7. The minimum Gasteiger partial charge on any atom is -0.497 e. The fourth-order valence-corrected chi connectivity index (χ4v) is 2.60. The molecule has 0 radical (unpaired) electrons. The first-order valence-corrected chi connectivity index (χ1v) is 8.12. The molecule has 3 aromatic rings. The number of methoxy groups -OCH3 is 1. The van der Waals surface area contributed by atoms with E-state index in [1.165, 1.54) is 24.8 Å². The van der Waals surface area contributed by atoms with E-state index in [-0.39, 0.29) is 17.0 Å². The molecule has 2 aromatic carbocycles. The van der Waals surface area contributed by atoms with Crippen molar-refractivity contribution in [3.63, 3.8) is 0 Å². The number of benzene rings is 2. The maximum absolute atomic E-state index is 12.5. The Morgan fingerprint density at radius 1 is 1.14 bits per heavy atom. The summed E-state index contributed by atoms with van der Waals surface area (Å²) in [5.41, 5.74) is 0.638. The Morgan fingerprint density at radius 3 is 2.41 bits per heavy atom. The lowest BCUT2D eigenvalue weighted by atomic mass is 10.2. The van der Waals surface area contributed by atoms with Crippen molar-refractivity contribution in [3.05, 3.63) is 42.5 Å². The number of urea groups is 1. The van der Waals surface area contributed by atoms with E-state index in [1.807, 2.05) is 0 Å². The summed E-state index contributed by atoms with van der Waals surface area (Å²) in [6.45, 7) is 0. The maximum Gasteiger partial charge on any atom is 0.573 e. The van der Waals surface area contributed by atoms with Gasteiger partial charge in [-0.05, 0) is 42.5 Å². The molecule has 0 spiro atoms. The highest BCUT2D eigenvalue weighted by Gasteiger charge is 2.31. The summed E-state index contributed by atoms with van der Waals surface area (Å²) in [5, 5.41) is 20.0. The van der Waals surface area contributed by atoms with Gasteiger partial charge in [-0.3, -0.25) is 0 Å². The number of rotatable bonds is 4. The zero-order valence-electron chi connectivity index (χ0n) is 15.2. The van der Waals surface area contributed by atoms with Crippen molar-refractivity contribution in [1.82, 2.24) is 4.57 Å². The Morgan fingerprint density at radius 2 is 1.79 bits per heavy atom. The van der Waals surface area contributed by atoms with Crippen LogP contribution >= 0.6 is 0 Å². The highest BCUT2D eigenvalue weighted by atomic mass is 19.4. The lowest BCUT2D eigenvalue weighted by Crippen LogP contribution is -2.16. The Hall–Kier alpha value is -3.76. The van der Waals surface area contributed by atoms with Gasteiger partial charge in [0.1, 0.15) is 11.5 Å². The Bertz CT molecular complexity index is 1080. The normalized spacial score (nSPS) is 11.8. The van der Waals surface area contributed by atoms with Crippen LogP contribution in [-0.2, 0) is 7.05 Å². The van der Waals surface area contributed by atoms with E-state index >= 15 is 0 Å². The van der Waals surface area contributed by atoms with Crippen LogP contribution in [0.3, 0.4) is 0 Å². The summed E-state index contributed by atoms with van der Waals surface area (Å²) >= 11 is 0. The van der Waals surface area contributed by atoms with E-state index in [2.05, 4.69) is 20.3 Å². The van der Waals surface area contributed by atoms with Crippen LogP contribution in [0.4, 0.5) is 29.3 Å². The summed E-state index contributed by atoms with van der Waals surface area (Å²) < 4.78 is 47.6. The van der Waals surface area contributed by atoms with E-state index < -0.39 is 18.1 Å². The molecule has 11 heteroatoms. The summed E-state index contributed by atoms with van der Waals surface area (Å²) in [7, 11) is 2.99. The third-order valence-corrected chi connectivity index (χ3v) is 3.93. The molecule has 1 aromatic heterocycles. The number of halogens is 3. The summed E-state index contributed by atoms with van der Waals surface area (Å²) in [5.74, 6) is -0.262. The number of aryl methyl sites for hydroxylation is 1. The number of aromatic hydroxyl groups is 1. The summed E-state index contributed by atoms with van der Waals surface area (Å²) in [4.78, 5) is 12.0. The van der Waals surface area contributed by atoms with Gasteiger partial charge in [0.2, 0.25) is 5.88 Å². The molecule has 29 heavy (non-hydrogen) atoms. The van der Waals surface area contributed by atoms with Crippen LogP contribution in [-0.4, -0.2) is 29.2 Å². The van der Waals surface area contributed by atoms with Gasteiger partial charge in [-0.2, -0.15) is 0 Å². The average molecular weight is 408 g/mol. The maximum atomic E-state index is 12.5. The molecule has 0 aliphatic heterocycles. The minimum absolute atomic E-state index is 0.132. The molecule has 0 aliphatic carbocycles. The lowest BCUT2D eigenvalue weighted by Gasteiger charge is -2.08. The first-order valence-electron chi connectivity index (χ1n) is 8.12. The molecule has 0 fully saturated rings. The van der Waals surface area contributed by atoms with E-state index in [0.29, 0.717) is 17.0 Å². The molecule has 1 heterocycles. The quantitative estimate of drug-likeness (QED) is 0.587. The molecular weight excluding hydrogens is 393 g/mol. The van der Waals surface area contributed by atoms with E-state index in [0.717, 1.165) is 12.1 Å². The molecule has 0 unspecified atom stereocenters. The molecule has 152 valence electrons. The fourth-order valence-electron chi connectivity index (χ4n) is 2.60. The molecule has 0 atom stereocenters. The number of azo groups is 1. The smallest absolute Gasteiger partial charge is 0.497 e. The highest BCUT2D eigenvalue weighted by Crippen LogP contribution is 2.40. The molecule has 0 aliphatic rings. The van der Waals surface area contributed by atoms with Gasteiger partial charge in [0, 0.05) is 18.1 Å². The standard InChI is InChI=1S/C18H15F3N4O4/c1-25-14-8-7-12(29-18(19,20)21)9-13(14)15(16(25)26)23-24-17(27)22-10-3-5-11(28-2)6-4-10/h3-9,26H,1-2H3,(H,22,27). The third-order valence-electron chi connectivity index (χ3n) is 3.93. The number of hydrogen-bond acceptors (Lipinski definition) is 5. The SMILES string of the molecule is COc1ccc(NC(=O)N=Nc2c(O)n(C)c3ccc(OC(F)(F)F)cc23)cc1. The van der Waals surface area contributed by atoms with Crippen molar-refractivity contribution in [2.24, 2.45) is 17.3 Å². The number of nitrogens with one attached hydrogen (secondary N) is 1. The van der Waals surface area contributed by atoms with Crippen LogP contribution in [0.5, 0.6) is 17.4 Å². The molecule has 0 bridgehead atoms. The Kier molecular flexibility index (Phi) is 5.31. The molecule has 2 amide bonds. The average Bonchev–Trinajstić information content (AvgIpc) is 2.89. The number of anilines is 1. The van der Waals surface area contributed by atoms with E-state index in [4.69, 9.17) is 4.74 Å². The van der Waals surface area contributed by atoms with E-state index in [1.54, 1.807) is 24.3 Å². The van der Waals surface area contributed by atoms with Gasteiger partial charge in [-0.25, -0.2) is 4.79 Å². The largest absolute Gasteiger partial charge is 0.573 e. The summed E-state index contributed by atoms with van der Waals surface area (Å²) in [6.07, 6.45) is -4.87. The topological polar surface area (TPSA) is 97.4 Å². The van der Waals surface area contributed by atoms with Gasteiger partial charge in [0.25, 0.3) is 0 Å². The first kappa shape index (κ1) is 20.0. The predicted octanol–water partition coefficient (Wildman–Crippen LogP) is 5.11. The number of fused-ring (bicyclic) bond motifs is 1. The molecule has 0 saturated heterocycles. The number of ether oxygens (including phenoxy) is 2. The van der Waals surface area contributed by atoms with Gasteiger partial charge >= 0.3 is 12.4 Å². The predicted molar refractivity (Wildman–Crippen MR) is 97.8 cm³/mol. The fraction of sp³-hybridized carbons (Fsp3) is 0.167. The monoisotopic (exact) mass is 408 g/mol. The van der Waals surface area contributed by atoms with Crippen molar-refractivity contribution in [2.45, 2.75) is 6.36 Å². The van der Waals surface area contributed by atoms with Crippen LogP contribution in [0.1, 0.15) is 0 Å². The number of amides is 2. The number of carbonyl (C=O) groups is 1. The molecule has 0 saturated carbocycles. The minimum atomic E-state index is -4.87. The second kappa shape index (κ2) is 7.70. The van der Waals surface area contributed by atoms with Crippen LogP contribution in [0.25, 0.3) is 10.9 Å².